The molecule has 7 heteroatoms. The Bertz CT molecular complexity index is 487. The van der Waals surface area contributed by atoms with Crippen molar-refractivity contribution in [2.24, 2.45) is 0 Å². The van der Waals surface area contributed by atoms with Crippen LogP contribution in [0.25, 0.3) is 0 Å². The summed E-state index contributed by atoms with van der Waals surface area (Å²) >= 11 is 0. The first-order valence-corrected chi connectivity index (χ1v) is 5.57. The first-order valence-electron chi connectivity index (χ1n) is 5.57. The van der Waals surface area contributed by atoms with Crippen LogP contribution in [0.2, 0.25) is 0 Å². The van der Waals surface area contributed by atoms with Crippen molar-refractivity contribution in [3.8, 4) is 5.75 Å². The molecule has 0 bridgehead atoms. The van der Waals surface area contributed by atoms with Gasteiger partial charge in [0.1, 0.15) is 11.3 Å². The molecule has 4 N–H and O–H groups in total. The van der Waals surface area contributed by atoms with Crippen LogP contribution in [-0.4, -0.2) is 51.9 Å². The molecule has 1 atom stereocenters. The second-order valence-electron chi connectivity index (χ2n) is 4.20. The van der Waals surface area contributed by atoms with Gasteiger partial charge >= 0.3 is 12.0 Å². The number of carbonyl (C=O) groups excluding carboxylic acids is 1. The van der Waals surface area contributed by atoms with Gasteiger partial charge in [-0.25, -0.2) is 9.59 Å². The van der Waals surface area contributed by atoms with Gasteiger partial charge in [-0.2, -0.15) is 0 Å². The van der Waals surface area contributed by atoms with Gasteiger partial charge in [0.15, 0.2) is 0 Å². The third-order valence-electron chi connectivity index (χ3n) is 2.36. The van der Waals surface area contributed by atoms with Gasteiger partial charge < -0.3 is 25.5 Å². The second kappa shape index (κ2) is 6.05. The molecule has 19 heavy (non-hydrogen) atoms. The molecule has 1 aromatic rings. The highest BCUT2D eigenvalue weighted by atomic mass is 16.4. The van der Waals surface area contributed by atoms with Crippen LogP contribution >= 0.6 is 0 Å². The summed E-state index contributed by atoms with van der Waals surface area (Å²) in [6.45, 7) is 1.70. The molecule has 1 rings (SSSR count). The molecule has 0 aliphatic rings. The Morgan fingerprint density at radius 3 is 2.58 bits per heavy atom. The zero-order valence-electron chi connectivity index (χ0n) is 10.6. The number of anilines is 1. The quantitative estimate of drug-likeness (QED) is 0.607. The molecule has 0 radical (unpaired) electrons. The Hall–Kier alpha value is -2.28. The van der Waals surface area contributed by atoms with Gasteiger partial charge in [-0.05, 0) is 25.1 Å². The van der Waals surface area contributed by atoms with E-state index in [9.17, 15) is 14.7 Å². The molecule has 0 saturated carbocycles. The summed E-state index contributed by atoms with van der Waals surface area (Å²) in [7, 11) is 1.50. The van der Waals surface area contributed by atoms with Crippen molar-refractivity contribution in [2.75, 3.05) is 18.9 Å². The van der Waals surface area contributed by atoms with Crippen molar-refractivity contribution in [2.45, 2.75) is 13.0 Å². The average molecular weight is 268 g/mol. The Morgan fingerprint density at radius 1 is 1.42 bits per heavy atom. The highest BCUT2D eigenvalue weighted by molar-refractivity contribution is 5.95. The second-order valence-corrected chi connectivity index (χ2v) is 4.20. The smallest absolute Gasteiger partial charge is 0.339 e. The molecule has 0 spiro atoms. The molecule has 0 saturated heterocycles. The molecule has 1 aromatic carbocycles. The number of aliphatic hydroxyl groups is 1. The van der Waals surface area contributed by atoms with Crippen LogP contribution in [0, 0.1) is 0 Å². The van der Waals surface area contributed by atoms with E-state index in [-0.39, 0.29) is 23.5 Å². The molecule has 2 amide bonds. The number of nitrogens with one attached hydrogen (secondary N) is 1. The van der Waals surface area contributed by atoms with Crippen LogP contribution in [0.5, 0.6) is 5.75 Å². The van der Waals surface area contributed by atoms with Crippen LogP contribution in [-0.2, 0) is 0 Å². The highest BCUT2D eigenvalue weighted by Crippen LogP contribution is 2.21. The standard InChI is InChI=1S/C12H16N2O5/c1-7(15)6-14(2)12(19)13-8-3-4-10(16)9(5-8)11(17)18/h3-5,7,15-16H,6H2,1-2H3,(H,13,19)(H,17,18). The van der Waals surface area contributed by atoms with Crippen LogP contribution in [0.4, 0.5) is 10.5 Å². The summed E-state index contributed by atoms with van der Waals surface area (Å²) in [5, 5.41) is 29.8. The van der Waals surface area contributed by atoms with Crippen molar-refractivity contribution in [1.82, 2.24) is 4.90 Å². The summed E-state index contributed by atoms with van der Waals surface area (Å²) in [6.07, 6.45) is -0.662. The van der Waals surface area contributed by atoms with Gasteiger partial charge in [0.2, 0.25) is 0 Å². The number of aliphatic hydroxyl groups excluding tert-OH is 1. The Morgan fingerprint density at radius 2 is 2.05 bits per heavy atom. The lowest BCUT2D eigenvalue weighted by molar-refractivity contribution is 0.0693. The summed E-state index contributed by atoms with van der Waals surface area (Å²) in [5.41, 5.74) is -0.0476. The van der Waals surface area contributed by atoms with Gasteiger partial charge in [-0.3, -0.25) is 0 Å². The van der Waals surface area contributed by atoms with Crippen LogP contribution in [0.15, 0.2) is 18.2 Å². The fourth-order valence-electron chi connectivity index (χ4n) is 1.48. The topological polar surface area (TPSA) is 110 Å². The number of phenols is 1. The van der Waals surface area contributed by atoms with Gasteiger partial charge in [0, 0.05) is 19.3 Å². The number of hydrogen-bond donors (Lipinski definition) is 4. The number of benzene rings is 1. The average Bonchev–Trinajstić information content (AvgIpc) is 2.30. The minimum atomic E-state index is -1.29. The minimum absolute atomic E-state index is 0.149. The monoisotopic (exact) mass is 268 g/mol. The van der Waals surface area contributed by atoms with E-state index in [1.807, 2.05) is 0 Å². The maximum absolute atomic E-state index is 11.7. The van der Waals surface area contributed by atoms with Crippen molar-refractivity contribution in [1.29, 1.82) is 0 Å². The lowest BCUT2D eigenvalue weighted by atomic mass is 10.2. The molecule has 0 aromatic heterocycles. The molecule has 1 unspecified atom stereocenters. The van der Waals surface area contributed by atoms with Gasteiger partial charge in [0.05, 0.1) is 6.10 Å². The fraction of sp³-hybridized carbons (Fsp3) is 0.333. The number of hydrogen-bond acceptors (Lipinski definition) is 4. The number of rotatable bonds is 4. The van der Waals surface area contributed by atoms with Gasteiger partial charge in [-0.1, -0.05) is 0 Å². The molecule has 0 aliphatic carbocycles. The van der Waals surface area contributed by atoms with E-state index >= 15 is 0 Å². The van der Waals surface area contributed by atoms with Gasteiger partial charge in [0.25, 0.3) is 0 Å². The summed E-state index contributed by atoms with van der Waals surface area (Å²) in [6, 6.07) is 3.25. The van der Waals surface area contributed by atoms with Crippen molar-refractivity contribution in [3.05, 3.63) is 23.8 Å². The number of amides is 2. The van der Waals surface area contributed by atoms with Crippen LogP contribution < -0.4 is 5.32 Å². The Balaban J connectivity index is 2.80. The maximum Gasteiger partial charge on any atom is 0.339 e. The van der Waals surface area contributed by atoms with Crippen LogP contribution in [0.1, 0.15) is 17.3 Å². The SMILES string of the molecule is CC(O)CN(C)C(=O)Nc1ccc(O)c(C(=O)O)c1. The number of nitrogens with zero attached hydrogens (tertiary/aromatic N) is 1. The third-order valence-corrected chi connectivity index (χ3v) is 2.36. The van der Waals surface area contributed by atoms with E-state index in [1.165, 1.54) is 24.1 Å². The van der Waals surface area contributed by atoms with Crippen molar-refractivity contribution >= 4 is 17.7 Å². The lowest BCUT2D eigenvalue weighted by Gasteiger charge is -2.19. The summed E-state index contributed by atoms with van der Waals surface area (Å²) in [5.74, 6) is -1.66. The van der Waals surface area contributed by atoms with E-state index in [0.717, 1.165) is 6.07 Å². The van der Waals surface area contributed by atoms with E-state index in [1.54, 1.807) is 6.92 Å². The molecule has 0 aliphatic heterocycles. The zero-order valence-corrected chi connectivity index (χ0v) is 10.6. The Labute approximate surface area is 110 Å². The van der Waals surface area contributed by atoms with Crippen molar-refractivity contribution < 1.29 is 24.9 Å². The lowest BCUT2D eigenvalue weighted by Crippen LogP contribution is -2.36. The largest absolute Gasteiger partial charge is 0.507 e. The van der Waals surface area contributed by atoms with E-state index in [0.29, 0.717) is 0 Å². The van der Waals surface area contributed by atoms with E-state index in [4.69, 9.17) is 10.2 Å². The molecule has 7 nitrogen and oxygen atoms in total. The molecular weight excluding hydrogens is 252 g/mol. The number of carboxylic acids is 1. The highest BCUT2D eigenvalue weighted by Gasteiger charge is 2.14. The normalized spacial score (nSPS) is 11.7. The minimum Gasteiger partial charge on any atom is -0.507 e. The molecule has 104 valence electrons. The van der Waals surface area contributed by atoms with E-state index < -0.39 is 18.1 Å². The third kappa shape index (κ3) is 4.14. The first-order chi connectivity index (χ1) is 8.81. The molecule has 0 heterocycles. The number of likely N-dealkylation sites (N-methyl/N-ethyl adjacent to an activating group) is 1. The molecule has 0 fully saturated rings. The predicted octanol–water partition coefficient (Wildman–Crippen LogP) is 0.935. The summed E-state index contributed by atoms with van der Waals surface area (Å²) in [4.78, 5) is 23.8. The van der Waals surface area contributed by atoms with E-state index in [2.05, 4.69) is 5.32 Å². The Kier molecular flexibility index (Phi) is 4.71. The number of urea groups is 1. The fourth-order valence-corrected chi connectivity index (χ4v) is 1.48. The number of carboxylic acid groups (broad SMARTS) is 1. The predicted molar refractivity (Wildman–Crippen MR) is 68.4 cm³/mol. The van der Waals surface area contributed by atoms with Crippen molar-refractivity contribution in [3.63, 3.8) is 0 Å². The summed E-state index contributed by atoms with van der Waals surface area (Å²) < 4.78 is 0. The zero-order chi connectivity index (χ0) is 14.6. The maximum atomic E-state index is 11.7. The number of aromatic hydroxyl groups is 1. The first kappa shape index (κ1) is 14.8. The number of aromatic carboxylic acids is 1. The number of carbonyl (C=O) groups is 2. The van der Waals surface area contributed by atoms with Gasteiger partial charge in [-0.15, -0.1) is 0 Å². The van der Waals surface area contributed by atoms with Crippen LogP contribution in [0.3, 0.4) is 0 Å². The molecular formula is C12H16N2O5.